The first-order chi connectivity index (χ1) is 17.0. The highest BCUT2D eigenvalue weighted by Gasteiger charge is 2.37. The second kappa shape index (κ2) is 10.9. The van der Waals surface area contributed by atoms with Crippen molar-refractivity contribution in [3.05, 3.63) is 95.2 Å². The third kappa shape index (κ3) is 5.19. The number of carbonyl (C=O) groups excluding carboxylic acids is 3. The summed E-state index contributed by atoms with van der Waals surface area (Å²) >= 11 is 0. The van der Waals surface area contributed by atoms with Crippen molar-refractivity contribution in [2.24, 2.45) is 0 Å². The lowest BCUT2D eigenvalue weighted by molar-refractivity contribution is -0.139. The van der Waals surface area contributed by atoms with Crippen LogP contribution in [-0.4, -0.2) is 42.6 Å². The van der Waals surface area contributed by atoms with E-state index in [1.807, 2.05) is 55.5 Å². The van der Waals surface area contributed by atoms with Gasteiger partial charge < -0.3 is 14.8 Å². The van der Waals surface area contributed by atoms with E-state index < -0.39 is 18.0 Å². The summed E-state index contributed by atoms with van der Waals surface area (Å²) in [7, 11) is 0. The molecule has 0 aromatic heterocycles. The summed E-state index contributed by atoms with van der Waals surface area (Å²) in [5, 5.41) is 5.04. The number of hydrogen-bond donors (Lipinski definition) is 1. The molecule has 35 heavy (non-hydrogen) atoms. The summed E-state index contributed by atoms with van der Waals surface area (Å²) in [6.45, 7) is 3.94. The van der Waals surface area contributed by atoms with Gasteiger partial charge in [0.2, 0.25) is 0 Å². The van der Waals surface area contributed by atoms with Gasteiger partial charge in [-0.15, -0.1) is 0 Å². The molecule has 1 atom stereocenters. The Balaban J connectivity index is 1.63. The summed E-state index contributed by atoms with van der Waals surface area (Å²) in [4.78, 5) is 40.0. The molecule has 0 fully saturated rings. The van der Waals surface area contributed by atoms with Crippen molar-refractivity contribution >= 4 is 28.7 Å². The molecule has 180 valence electrons. The Labute approximate surface area is 204 Å². The first kappa shape index (κ1) is 24.0. The van der Waals surface area contributed by atoms with Gasteiger partial charge >= 0.3 is 18.0 Å². The molecule has 1 aliphatic heterocycles. The van der Waals surface area contributed by atoms with Crippen LogP contribution in [0, 0.1) is 0 Å². The monoisotopic (exact) mass is 472 g/mol. The minimum Gasteiger partial charge on any atom is -0.463 e. The third-order valence-corrected chi connectivity index (χ3v) is 5.93. The van der Waals surface area contributed by atoms with E-state index in [0.29, 0.717) is 23.3 Å². The standard InChI is InChI=1S/C28H28N2O5/c1-3-23-24(27(32)34-4-2)25(22-15-14-19-10-8-9-13-21(19)18-22)29-28(33)30(23)16-17-35-26(31)20-11-6-5-7-12-20/h5-15,18,25H,3-4,16-17H2,1-2H3,(H,29,33). The molecule has 0 radical (unpaired) electrons. The molecule has 7 heteroatoms. The summed E-state index contributed by atoms with van der Waals surface area (Å²) in [5.74, 6) is -0.946. The highest BCUT2D eigenvalue weighted by atomic mass is 16.5. The maximum Gasteiger partial charge on any atom is 0.338 e. The van der Waals surface area contributed by atoms with E-state index in [4.69, 9.17) is 9.47 Å². The smallest absolute Gasteiger partial charge is 0.338 e. The molecule has 0 aliphatic carbocycles. The van der Waals surface area contributed by atoms with Crippen LogP contribution >= 0.6 is 0 Å². The van der Waals surface area contributed by atoms with Crippen LogP contribution in [0.5, 0.6) is 0 Å². The van der Waals surface area contributed by atoms with Crippen molar-refractivity contribution in [3.63, 3.8) is 0 Å². The van der Waals surface area contributed by atoms with Crippen LogP contribution in [0.15, 0.2) is 84.1 Å². The lowest BCUT2D eigenvalue weighted by Crippen LogP contribution is -2.49. The van der Waals surface area contributed by atoms with E-state index in [1.165, 1.54) is 4.90 Å². The number of allylic oxidation sites excluding steroid dienone is 1. The van der Waals surface area contributed by atoms with Gasteiger partial charge in [-0.3, -0.25) is 4.90 Å². The van der Waals surface area contributed by atoms with Crippen LogP contribution < -0.4 is 5.32 Å². The summed E-state index contributed by atoms with van der Waals surface area (Å²) in [5.41, 5.74) is 2.17. The van der Waals surface area contributed by atoms with Gasteiger partial charge in [0.05, 0.1) is 30.3 Å². The van der Waals surface area contributed by atoms with Crippen molar-refractivity contribution in [1.82, 2.24) is 10.2 Å². The molecule has 2 amide bonds. The first-order valence-corrected chi connectivity index (χ1v) is 11.7. The number of ether oxygens (including phenoxy) is 2. The van der Waals surface area contributed by atoms with Gasteiger partial charge in [0.1, 0.15) is 6.61 Å². The number of nitrogens with zero attached hydrogens (tertiary/aromatic N) is 1. The predicted octanol–water partition coefficient (Wildman–Crippen LogP) is 4.99. The van der Waals surface area contributed by atoms with Gasteiger partial charge in [0.25, 0.3) is 0 Å². The Kier molecular flexibility index (Phi) is 7.45. The average molecular weight is 473 g/mol. The minimum absolute atomic E-state index is 0.0125. The van der Waals surface area contributed by atoms with E-state index in [0.717, 1.165) is 16.3 Å². The largest absolute Gasteiger partial charge is 0.463 e. The molecule has 1 aliphatic rings. The van der Waals surface area contributed by atoms with Crippen LogP contribution in [0.1, 0.15) is 42.2 Å². The molecule has 0 saturated carbocycles. The van der Waals surface area contributed by atoms with Crippen molar-refractivity contribution in [3.8, 4) is 0 Å². The van der Waals surface area contributed by atoms with Crippen molar-refractivity contribution in [2.75, 3.05) is 19.8 Å². The number of carbonyl (C=O) groups is 3. The average Bonchev–Trinajstić information content (AvgIpc) is 2.89. The Morgan fingerprint density at radius 1 is 0.886 bits per heavy atom. The molecular formula is C28H28N2O5. The number of esters is 2. The zero-order valence-corrected chi connectivity index (χ0v) is 19.8. The van der Waals surface area contributed by atoms with Crippen LogP contribution in [0.4, 0.5) is 4.79 Å². The summed E-state index contributed by atoms with van der Waals surface area (Å²) in [6, 6.07) is 21.4. The number of benzene rings is 3. The fourth-order valence-corrected chi connectivity index (χ4v) is 4.30. The topological polar surface area (TPSA) is 84.9 Å². The zero-order chi connectivity index (χ0) is 24.8. The van der Waals surface area contributed by atoms with Gasteiger partial charge in [0, 0.05) is 5.70 Å². The van der Waals surface area contributed by atoms with E-state index in [2.05, 4.69) is 5.32 Å². The molecule has 3 aromatic carbocycles. The van der Waals surface area contributed by atoms with E-state index in [-0.39, 0.29) is 25.8 Å². The molecule has 0 spiro atoms. The Hall–Kier alpha value is -4.13. The Morgan fingerprint density at radius 2 is 1.60 bits per heavy atom. The molecule has 0 saturated heterocycles. The number of fused-ring (bicyclic) bond motifs is 1. The number of urea groups is 1. The Bertz CT molecular complexity index is 1270. The molecule has 3 aromatic rings. The second-order valence-corrected chi connectivity index (χ2v) is 8.08. The third-order valence-electron chi connectivity index (χ3n) is 5.93. The molecule has 4 rings (SSSR count). The molecular weight excluding hydrogens is 444 g/mol. The highest BCUT2D eigenvalue weighted by Crippen LogP contribution is 2.34. The van der Waals surface area contributed by atoms with Crippen molar-refractivity contribution < 1.29 is 23.9 Å². The van der Waals surface area contributed by atoms with Gasteiger partial charge in [0.15, 0.2) is 0 Å². The van der Waals surface area contributed by atoms with Crippen LogP contribution in [-0.2, 0) is 14.3 Å². The first-order valence-electron chi connectivity index (χ1n) is 11.7. The quantitative estimate of drug-likeness (QED) is 0.467. The predicted molar refractivity (Wildman–Crippen MR) is 133 cm³/mol. The molecule has 1 unspecified atom stereocenters. The lowest BCUT2D eigenvalue weighted by atomic mass is 9.92. The maximum absolute atomic E-state index is 13.2. The molecule has 1 heterocycles. The van der Waals surface area contributed by atoms with Gasteiger partial charge in [-0.2, -0.15) is 0 Å². The van der Waals surface area contributed by atoms with Gasteiger partial charge in [-0.05, 0) is 47.9 Å². The number of rotatable bonds is 8. The fraction of sp³-hybridized carbons (Fsp3) is 0.250. The van der Waals surface area contributed by atoms with Crippen LogP contribution in [0.25, 0.3) is 10.8 Å². The van der Waals surface area contributed by atoms with Gasteiger partial charge in [-0.1, -0.05) is 61.5 Å². The zero-order valence-electron chi connectivity index (χ0n) is 19.8. The summed E-state index contributed by atoms with van der Waals surface area (Å²) < 4.78 is 10.8. The lowest BCUT2D eigenvalue weighted by Gasteiger charge is -2.36. The van der Waals surface area contributed by atoms with E-state index >= 15 is 0 Å². The van der Waals surface area contributed by atoms with E-state index in [1.54, 1.807) is 31.2 Å². The van der Waals surface area contributed by atoms with Gasteiger partial charge in [-0.25, -0.2) is 14.4 Å². The fourth-order valence-electron chi connectivity index (χ4n) is 4.30. The van der Waals surface area contributed by atoms with Crippen LogP contribution in [0.2, 0.25) is 0 Å². The summed E-state index contributed by atoms with van der Waals surface area (Å²) in [6.07, 6.45) is 0.429. The second-order valence-electron chi connectivity index (χ2n) is 8.08. The van der Waals surface area contributed by atoms with Crippen molar-refractivity contribution in [1.29, 1.82) is 0 Å². The Morgan fingerprint density at radius 3 is 2.31 bits per heavy atom. The molecule has 0 bridgehead atoms. The minimum atomic E-state index is -0.649. The number of amides is 2. The van der Waals surface area contributed by atoms with E-state index in [9.17, 15) is 14.4 Å². The normalized spacial score (nSPS) is 15.7. The maximum atomic E-state index is 13.2. The molecule has 1 N–H and O–H groups in total. The number of nitrogens with one attached hydrogen (secondary N) is 1. The van der Waals surface area contributed by atoms with Crippen LogP contribution in [0.3, 0.4) is 0 Å². The SMILES string of the molecule is CCOC(=O)C1=C(CC)N(CCOC(=O)c2ccccc2)C(=O)NC1c1ccc2ccccc2c1. The molecule has 7 nitrogen and oxygen atoms in total. The van der Waals surface area contributed by atoms with Crippen molar-refractivity contribution in [2.45, 2.75) is 26.3 Å². The number of hydrogen-bond acceptors (Lipinski definition) is 5. The highest BCUT2D eigenvalue weighted by molar-refractivity contribution is 5.96.